The van der Waals surface area contributed by atoms with Crippen LogP contribution in [0, 0.1) is 5.82 Å². The van der Waals surface area contributed by atoms with E-state index in [0.717, 1.165) is 19.2 Å². The molecule has 1 aliphatic rings. The highest BCUT2D eigenvalue weighted by Crippen LogP contribution is 2.35. The van der Waals surface area contributed by atoms with Crippen LogP contribution in [0.2, 0.25) is 0 Å². The molecule has 2 aromatic carbocycles. The third kappa shape index (κ3) is 5.38. The predicted octanol–water partition coefficient (Wildman–Crippen LogP) is 3.35. The number of hydrogen-bond donors (Lipinski definition) is 2. The van der Waals surface area contributed by atoms with Crippen molar-refractivity contribution in [3.63, 3.8) is 0 Å². The van der Waals surface area contributed by atoms with Gasteiger partial charge in [-0.2, -0.15) is 0 Å². The second kappa shape index (κ2) is 10.7. The highest BCUT2D eigenvalue weighted by Gasteiger charge is 2.31. The number of benzene rings is 2. The molecule has 0 saturated carbocycles. The third-order valence-corrected chi connectivity index (χ3v) is 6.31. The molecule has 3 aromatic rings. The third-order valence-electron chi connectivity index (χ3n) is 6.31. The zero-order chi connectivity index (χ0) is 24.9. The van der Waals surface area contributed by atoms with Crippen LogP contribution in [0.25, 0.3) is 11.1 Å². The fourth-order valence-corrected chi connectivity index (χ4v) is 4.44. The molecule has 1 fully saturated rings. The average Bonchev–Trinajstić information content (AvgIpc) is 3.39. The summed E-state index contributed by atoms with van der Waals surface area (Å²) in [5.74, 6) is -1.25. The number of carbonyl (C=O) groups is 2. The standard InChI is InChI=1S/C27H29FN4O3/c1-17(2)19-10-11-20(24(25(19)28)18-7-4-3-5-8-18)26(31-27(35)21-9-6-12-30-21)22(33)16-32-14-13-29-15-23(32)34/h3-5,7-8,10-11,13-15,17,21,26,30H,6,9,12,16H2,1-2H3,(H,31,35). The summed E-state index contributed by atoms with van der Waals surface area (Å²) in [6.07, 6.45) is 5.46. The molecule has 182 valence electrons. The Morgan fingerprint density at radius 1 is 1.17 bits per heavy atom. The molecule has 1 aliphatic heterocycles. The number of amides is 1. The van der Waals surface area contributed by atoms with Crippen molar-refractivity contribution in [2.24, 2.45) is 0 Å². The Morgan fingerprint density at radius 2 is 1.91 bits per heavy atom. The van der Waals surface area contributed by atoms with Gasteiger partial charge in [-0.1, -0.05) is 56.3 Å². The van der Waals surface area contributed by atoms with Crippen LogP contribution in [-0.2, 0) is 16.1 Å². The number of ketones is 1. The van der Waals surface area contributed by atoms with E-state index >= 15 is 4.39 Å². The molecule has 1 aromatic heterocycles. The zero-order valence-corrected chi connectivity index (χ0v) is 19.8. The summed E-state index contributed by atoms with van der Waals surface area (Å²) in [5.41, 5.74) is 1.32. The molecule has 2 unspecified atom stereocenters. The van der Waals surface area contributed by atoms with Crippen molar-refractivity contribution < 1.29 is 14.0 Å². The van der Waals surface area contributed by atoms with Gasteiger partial charge in [0.05, 0.1) is 18.8 Å². The van der Waals surface area contributed by atoms with E-state index in [1.54, 1.807) is 36.4 Å². The molecule has 8 heteroatoms. The Hall–Kier alpha value is -3.65. The predicted molar refractivity (Wildman–Crippen MR) is 131 cm³/mol. The average molecular weight is 477 g/mol. The van der Waals surface area contributed by atoms with Crippen molar-refractivity contribution >= 4 is 11.7 Å². The maximum absolute atomic E-state index is 15.9. The van der Waals surface area contributed by atoms with Gasteiger partial charge in [-0.25, -0.2) is 4.39 Å². The molecule has 2 atom stereocenters. The van der Waals surface area contributed by atoms with Gasteiger partial charge in [0.15, 0.2) is 5.78 Å². The first kappa shape index (κ1) is 24.5. The minimum absolute atomic E-state index is 0.0756. The molecule has 2 N–H and O–H groups in total. The quantitative estimate of drug-likeness (QED) is 0.520. The number of nitrogens with zero attached hydrogens (tertiary/aromatic N) is 2. The van der Waals surface area contributed by atoms with Crippen molar-refractivity contribution in [2.75, 3.05) is 6.54 Å². The smallest absolute Gasteiger partial charge is 0.269 e. The SMILES string of the molecule is CC(C)c1ccc(C(NC(=O)C2CCCN2)C(=O)Cn2ccncc2=O)c(-c2ccccc2)c1F. The van der Waals surface area contributed by atoms with Gasteiger partial charge in [-0.15, -0.1) is 0 Å². The molecule has 1 saturated heterocycles. The first-order valence-corrected chi connectivity index (χ1v) is 11.8. The highest BCUT2D eigenvalue weighted by atomic mass is 19.1. The van der Waals surface area contributed by atoms with Gasteiger partial charge in [-0.3, -0.25) is 19.4 Å². The van der Waals surface area contributed by atoms with Crippen LogP contribution in [0.1, 0.15) is 49.8 Å². The van der Waals surface area contributed by atoms with E-state index in [-0.39, 0.29) is 23.9 Å². The molecule has 7 nitrogen and oxygen atoms in total. The zero-order valence-electron chi connectivity index (χ0n) is 19.8. The minimum Gasteiger partial charge on any atom is -0.341 e. The van der Waals surface area contributed by atoms with Gasteiger partial charge in [0.2, 0.25) is 5.91 Å². The molecule has 0 spiro atoms. The largest absolute Gasteiger partial charge is 0.341 e. The van der Waals surface area contributed by atoms with E-state index in [9.17, 15) is 14.4 Å². The first-order valence-electron chi connectivity index (χ1n) is 11.8. The van der Waals surface area contributed by atoms with Gasteiger partial charge in [0.25, 0.3) is 5.56 Å². The van der Waals surface area contributed by atoms with Gasteiger partial charge >= 0.3 is 0 Å². The summed E-state index contributed by atoms with van der Waals surface area (Å²) in [6.45, 7) is 4.24. The van der Waals surface area contributed by atoms with Crippen LogP contribution in [-0.4, -0.2) is 33.8 Å². The summed E-state index contributed by atoms with van der Waals surface area (Å²) in [6, 6.07) is 10.8. The summed E-state index contributed by atoms with van der Waals surface area (Å²) < 4.78 is 17.1. The summed E-state index contributed by atoms with van der Waals surface area (Å²) in [4.78, 5) is 42.6. The Kier molecular flexibility index (Phi) is 7.51. The topological polar surface area (TPSA) is 93.1 Å². The number of rotatable bonds is 8. The van der Waals surface area contributed by atoms with Crippen LogP contribution in [0.5, 0.6) is 0 Å². The van der Waals surface area contributed by atoms with Crippen LogP contribution >= 0.6 is 0 Å². The first-order chi connectivity index (χ1) is 16.9. The maximum atomic E-state index is 15.9. The van der Waals surface area contributed by atoms with Gasteiger partial charge in [0, 0.05) is 18.0 Å². The molecular formula is C27H29FN4O3. The van der Waals surface area contributed by atoms with E-state index in [1.165, 1.54) is 17.0 Å². The maximum Gasteiger partial charge on any atom is 0.269 e. The lowest BCUT2D eigenvalue weighted by Crippen LogP contribution is -2.45. The Morgan fingerprint density at radius 3 is 2.57 bits per heavy atom. The molecular weight excluding hydrogens is 447 g/mol. The van der Waals surface area contributed by atoms with E-state index in [1.807, 2.05) is 19.9 Å². The van der Waals surface area contributed by atoms with Gasteiger partial charge in [0.1, 0.15) is 11.9 Å². The monoisotopic (exact) mass is 476 g/mol. The lowest BCUT2D eigenvalue weighted by molar-refractivity contribution is -0.129. The van der Waals surface area contributed by atoms with Gasteiger partial charge in [-0.05, 0) is 42.0 Å². The Balaban J connectivity index is 1.82. The fraction of sp³-hybridized carbons (Fsp3) is 0.333. The van der Waals surface area contributed by atoms with E-state index < -0.39 is 29.2 Å². The molecule has 4 rings (SSSR count). The lowest BCUT2D eigenvalue weighted by Gasteiger charge is -2.25. The number of aromatic nitrogens is 2. The normalized spacial score (nSPS) is 16.3. The Labute approximate surface area is 203 Å². The second-order valence-electron chi connectivity index (χ2n) is 9.05. The van der Waals surface area contributed by atoms with Crippen molar-refractivity contribution in [3.8, 4) is 11.1 Å². The van der Waals surface area contributed by atoms with Crippen LogP contribution < -0.4 is 16.2 Å². The second-order valence-corrected chi connectivity index (χ2v) is 9.05. The van der Waals surface area contributed by atoms with Gasteiger partial charge < -0.3 is 15.2 Å². The van der Waals surface area contributed by atoms with E-state index in [0.29, 0.717) is 23.1 Å². The number of halogens is 1. The summed E-state index contributed by atoms with van der Waals surface area (Å²) in [7, 11) is 0. The van der Waals surface area contributed by atoms with Crippen molar-refractivity contribution in [1.82, 2.24) is 20.2 Å². The molecule has 0 radical (unpaired) electrons. The molecule has 1 amide bonds. The van der Waals surface area contributed by atoms with Crippen LogP contribution in [0.15, 0.2) is 65.8 Å². The van der Waals surface area contributed by atoms with Crippen molar-refractivity contribution in [3.05, 3.63) is 88.4 Å². The Bertz CT molecular complexity index is 1270. The number of carbonyl (C=O) groups excluding carboxylic acids is 2. The van der Waals surface area contributed by atoms with Crippen molar-refractivity contribution in [1.29, 1.82) is 0 Å². The lowest BCUT2D eigenvalue weighted by atomic mass is 9.88. The number of hydrogen-bond acceptors (Lipinski definition) is 5. The van der Waals surface area contributed by atoms with E-state index in [4.69, 9.17) is 0 Å². The van der Waals surface area contributed by atoms with Crippen molar-refractivity contribution in [2.45, 2.75) is 51.2 Å². The van der Waals surface area contributed by atoms with Crippen LogP contribution in [0.4, 0.5) is 4.39 Å². The fourth-order valence-electron chi connectivity index (χ4n) is 4.44. The molecule has 0 aliphatic carbocycles. The molecule has 0 bridgehead atoms. The summed E-state index contributed by atoms with van der Waals surface area (Å²) >= 11 is 0. The molecule has 2 heterocycles. The summed E-state index contributed by atoms with van der Waals surface area (Å²) in [5, 5.41) is 5.98. The number of nitrogens with one attached hydrogen (secondary N) is 2. The highest BCUT2D eigenvalue weighted by molar-refractivity contribution is 5.93. The van der Waals surface area contributed by atoms with Crippen LogP contribution in [0.3, 0.4) is 0 Å². The number of Topliss-reactive ketones (excluding diaryl/α,β-unsaturated/α-hetero) is 1. The minimum atomic E-state index is -1.14. The van der Waals surface area contributed by atoms with E-state index in [2.05, 4.69) is 15.6 Å². The molecule has 35 heavy (non-hydrogen) atoms.